The lowest BCUT2D eigenvalue weighted by Gasteiger charge is -2.44. The molecule has 0 aromatic carbocycles. The third kappa shape index (κ3) is 2.28. The molecule has 0 aromatic rings. The van der Waals surface area contributed by atoms with Gasteiger partial charge >= 0.3 is 0 Å². The highest BCUT2D eigenvalue weighted by molar-refractivity contribution is 4.88. The maximum Gasteiger partial charge on any atom is 0.0954 e. The van der Waals surface area contributed by atoms with Crippen LogP contribution in [0.3, 0.4) is 0 Å². The second-order valence-corrected chi connectivity index (χ2v) is 5.28. The highest BCUT2D eigenvalue weighted by Gasteiger charge is 2.37. The van der Waals surface area contributed by atoms with Gasteiger partial charge in [-0.25, -0.2) is 0 Å². The molecule has 0 N–H and O–H groups in total. The van der Waals surface area contributed by atoms with Gasteiger partial charge < -0.3 is 4.90 Å². The number of hydrogen-bond acceptors (Lipinski definition) is 1. The summed E-state index contributed by atoms with van der Waals surface area (Å²) < 4.78 is 13.1. The zero-order valence-electron chi connectivity index (χ0n) is 10.0. The van der Waals surface area contributed by atoms with E-state index in [0.29, 0.717) is 12.0 Å². The van der Waals surface area contributed by atoms with Gasteiger partial charge in [-0.1, -0.05) is 13.8 Å². The van der Waals surface area contributed by atoms with Crippen LogP contribution in [0, 0.1) is 11.3 Å². The quantitative estimate of drug-likeness (QED) is 0.678. The van der Waals surface area contributed by atoms with Crippen molar-refractivity contribution in [1.29, 1.82) is 0 Å². The van der Waals surface area contributed by atoms with Gasteiger partial charge in [0, 0.05) is 11.5 Å². The van der Waals surface area contributed by atoms with E-state index < -0.39 is 0 Å². The molecular weight excluding hydrogens is 177 g/mol. The molecule has 0 bridgehead atoms. The first-order valence-electron chi connectivity index (χ1n) is 5.82. The van der Waals surface area contributed by atoms with Crippen molar-refractivity contribution in [2.75, 3.05) is 19.8 Å². The minimum absolute atomic E-state index is 0.0224. The molecule has 0 amide bonds. The molecule has 0 unspecified atom stereocenters. The van der Waals surface area contributed by atoms with E-state index in [1.54, 1.807) is 0 Å². The van der Waals surface area contributed by atoms with Crippen molar-refractivity contribution in [3.05, 3.63) is 0 Å². The fourth-order valence-corrected chi connectivity index (χ4v) is 2.35. The largest absolute Gasteiger partial charge is 0.301 e. The van der Waals surface area contributed by atoms with Crippen LogP contribution < -0.4 is 0 Å². The Kier molecular flexibility index (Phi) is 3.94. The molecule has 1 heterocycles. The Hall–Kier alpha value is -0.110. The Labute approximate surface area is 87.7 Å². The van der Waals surface area contributed by atoms with Crippen LogP contribution in [0.5, 0.6) is 0 Å². The van der Waals surface area contributed by atoms with Crippen LogP contribution in [-0.4, -0.2) is 30.7 Å². The maximum absolute atomic E-state index is 13.1. The van der Waals surface area contributed by atoms with E-state index in [1.807, 2.05) is 0 Å². The van der Waals surface area contributed by atoms with Gasteiger partial charge in [-0.15, -0.1) is 0 Å². The molecular formula is C12H24FN. The lowest BCUT2D eigenvalue weighted by atomic mass is 9.71. The van der Waals surface area contributed by atoms with Crippen LogP contribution in [-0.2, 0) is 0 Å². The van der Waals surface area contributed by atoms with Gasteiger partial charge in [0.05, 0.1) is 6.67 Å². The van der Waals surface area contributed by atoms with Crippen LogP contribution in [0.15, 0.2) is 0 Å². The summed E-state index contributed by atoms with van der Waals surface area (Å²) in [5.74, 6) is 0.474. The minimum Gasteiger partial charge on any atom is -0.301 e. The lowest BCUT2D eigenvalue weighted by Crippen LogP contribution is -2.46. The van der Waals surface area contributed by atoms with Crippen LogP contribution in [0.4, 0.5) is 4.39 Å². The summed E-state index contributed by atoms with van der Waals surface area (Å²) >= 11 is 0. The van der Waals surface area contributed by atoms with Gasteiger partial charge in [0.25, 0.3) is 0 Å². The third-order valence-electron chi connectivity index (χ3n) is 4.01. The molecule has 84 valence electrons. The average molecular weight is 201 g/mol. The SMILES string of the molecule is CC(C)N1CCC(CF)(C(C)C)CC1. The van der Waals surface area contributed by atoms with E-state index in [-0.39, 0.29) is 12.1 Å². The van der Waals surface area contributed by atoms with Crippen LogP contribution in [0.1, 0.15) is 40.5 Å². The van der Waals surface area contributed by atoms with E-state index in [0.717, 1.165) is 25.9 Å². The number of hydrogen-bond donors (Lipinski definition) is 0. The molecule has 1 aliphatic rings. The molecule has 0 atom stereocenters. The predicted molar refractivity (Wildman–Crippen MR) is 59.2 cm³/mol. The Morgan fingerprint density at radius 2 is 1.64 bits per heavy atom. The molecule has 1 fully saturated rings. The van der Waals surface area contributed by atoms with Gasteiger partial charge in [0.1, 0.15) is 0 Å². The summed E-state index contributed by atoms with van der Waals surface area (Å²) in [6.07, 6.45) is 2.05. The maximum atomic E-state index is 13.1. The summed E-state index contributed by atoms with van der Waals surface area (Å²) in [5.41, 5.74) is -0.0224. The molecule has 2 heteroatoms. The molecule has 0 spiro atoms. The van der Waals surface area contributed by atoms with Crippen molar-refractivity contribution in [2.45, 2.75) is 46.6 Å². The number of halogens is 1. The zero-order chi connectivity index (χ0) is 10.8. The Morgan fingerprint density at radius 1 is 1.14 bits per heavy atom. The zero-order valence-corrected chi connectivity index (χ0v) is 10.0. The molecule has 1 nitrogen and oxygen atoms in total. The van der Waals surface area contributed by atoms with Gasteiger partial charge in [-0.3, -0.25) is 4.39 Å². The van der Waals surface area contributed by atoms with Gasteiger partial charge in [-0.05, 0) is 45.7 Å². The van der Waals surface area contributed by atoms with Gasteiger partial charge in [0.15, 0.2) is 0 Å². The van der Waals surface area contributed by atoms with Crippen molar-refractivity contribution in [2.24, 2.45) is 11.3 Å². The first-order chi connectivity index (χ1) is 6.52. The Balaban J connectivity index is 2.55. The molecule has 14 heavy (non-hydrogen) atoms. The number of alkyl halides is 1. The van der Waals surface area contributed by atoms with E-state index >= 15 is 0 Å². The van der Waals surface area contributed by atoms with Crippen molar-refractivity contribution >= 4 is 0 Å². The smallest absolute Gasteiger partial charge is 0.0954 e. The average Bonchev–Trinajstić information content (AvgIpc) is 2.17. The van der Waals surface area contributed by atoms with E-state index in [4.69, 9.17) is 0 Å². The molecule has 0 radical (unpaired) electrons. The third-order valence-corrected chi connectivity index (χ3v) is 4.01. The van der Waals surface area contributed by atoms with E-state index in [1.165, 1.54) is 0 Å². The van der Waals surface area contributed by atoms with Crippen molar-refractivity contribution < 1.29 is 4.39 Å². The predicted octanol–water partition coefficient (Wildman–Crippen LogP) is 3.10. The molecule has 1 saturated heterocycles. The summed E-state index contributed by atoms with van der Waals surface area (Å²) in [5, 5.41) is 0. The normalized spacial score (nSPS) is 23.4. The first-order valence-corrected chi connectivity index (χ1v) is 5.82. The summed E-state index contributed by atoms with van der Waals surface area (Å²) in [7, 11) is 0. The topological polar surface area (TPSA) is 3.24 Å². The fourth-order valence-electron chi connectivity index (χ4n) is 2.35. The molecule has 1 aliphatic heterocycles. The molecule has 0 saturated carbocycles. The van der Waals surface area contributed by atoms with E-state index in [2.05, 4.69) is 32.6 Å². The number of likely N-dealkylation sites (tertiary alicyclic amines) is 1. The fraction of sp³-hybridized carbons (Fsp3) is 1.00. The van der Waals surface area contributed by atoms with Crippen LogP contribution in [0.25, 0.3) is 0 Å². The number of piperidine rings is 1. The molecule has 0 aliphatic carbocycles. The van der Waals surface area contributed by atoms with E-state index in [9.17, 15) is 4.39 Å². The highest BCUT2D eigenvalue weighted by atomic mass is 19.1. The Morgan fingerprint density at radius 3 is 1.93 bits per heavy atom. The van der Waals surface area contributed by atoms with Gasteiger partial charge in [-0.2, -0.15) is 0 Å². The molecule has 1 rings (SSSR count). The lowest BCUT2D eigenvalue weighted by molar-refractivity contribution is 0.0262. The second-order valence-electron chi connectivity index (χ2n) is 5.28. The Bertz CT molecular complexity index is 169. The van der Waals surface area contributed by atoms with Crippen LogP contribution >= 0.6 is 0 Å². The second kappa shape index (κ2) is 4.61. The minimum atomic E-state index is -0.142. The standard InChI is InChI=1S/C12H24FN/c1-10(2)12(9-13)5-7-14(8-6-12)11(3)4/h10-11H,5-9H2,1-4H3. The monoisotopic (exact) mass is 201 g/mol. The first kappa shape index (κ1) is 12.0. The van der Waals surface area contributed by atoms with Crippen molar-refractivity contribution in [3.63, 3.8) is 0 Å². The van der Waals surface area contributed by atoms with Crippen molar-refractivity contribution in [1.82, 2.24) is 4.90 Å². The summed E-state index contributed by atoms with van der Waals surface area (Å²) in [6, 6.07) is 0.611. The van der Waals surface area contributed by atoms with Crippen molar-refractivity contribution in [3.8, 4) is 0 Å². The number of rotatable bonds is 3. The number of nitrogens with zero attached hydrogens (tertiary/aromatic N) is 1. The highest BCUT2D eigenvalue weighted by Crippen LogP contribution is 2.39. The summed E-state index contributed by atoms with van der Waals surface area (Å²) in [6.45, 7) is 10.8. The molecule has 0 aromatic heterocycles. The van der Waals surface area contributed by atoms with Crippen LogP contribution in [0.2, 0.25) is 0 Å². The summed E-state index contributed by atoms with van der Waals surface area (Å²) in [4.78, 5) is 2.45. The van der Waals surface area contributed by atoms with Gasteiger partial charge in [0.2, 0.25) is 0 Å².